The lowest BCUT2D eigenvalue weighted by atomic mass is 10.1. The van der Waals surface area contributed by atoms with Crippen molar-refractivity contribution >= 4 is 22.6 Å². The average Bonchev–Trinajstić information content (AvgIpc) is 2.14. The average molecular weight is 353 g/mol. The monoisotopic (exact) mass is 353 g/mol. The largest absolute Gasteiger partial charge is 0.493 e. The Labute approximate surface area is 101 Å². The van der Waals surface area contributed by atoms with Crippen LogP contribution in [0.1, 0.15) is 17.6 Å². The SMILES string of the molecule is COc1c(I)ncc(C(F)(F)F)c1C(F)F. The maximum Gasteiger partial charge on any atom is 0.418 e. The predicted molar refractivity (Wildman–Crippen MR) is 53.5 cm³/mol. The summed E-state index contributed by atoms with van der Waals surface area (Å²) in [5, 5.41) is 0. The van der Waals surface area contributed by atoms with Crippen molar-refractivity contribution in [3.63, 3.8) is 0 Å². The molecule has 2 nitrogen and oxygen atoms in total. The molecule has 1 aromatic heterocycles. The Hall–Kier alpha value is -0.670. The molecule has 0 N–H and O–H groups in total. The van der Waals surface area contributed by atoms with Crippen molar-refractivity contribution in [1.82, 2.24) is 4.98 Å². The van der Waals surface area contributed by atoms with E-state index in [-0.39, 0.29) is 3.70 Å². The highest BCUT2D eigenvalue weighted by atomic mass is 127. The number of ether oxygens (including phenoxy) is 1. The van der Waals surface area contributed by atoms with Gasteiger partial charge in [0.15, 0.2) is 5.75 Å². The zero-order chi connectivity index (χ0) is 12.5. The molecule has 0 spiro atoms. The summed E-state index contributed by atoms with van der Waals surface area (Å²) in [7, 11) is 1.02. The summed E-state index contributed by atoms with van der Waals surface area (Å²) < 4.78 is 66.9. The molecule has 1 aromatic rings. The number of alkyl halides is 5. The summed E-state index contributed by atoms with van der Waals surface area (Å²) in [4.78, 5) is 3.37. The molecule has 0 aliphatic heterocycles. The third kappa shape index (κ3) is 2.53. The van der Waals surface area contributed by atoms with Gasteiger partial charge in [-0.3, -0.25) is 0 Å². The van der Waals surface area contributed by atoms with E-state index < -0.39 is 29.5 Å². The Morgan fingerprint density at radius 3 is 2.31 bits per heavy atom. The number of pyridine rings is 1. The minimum absolute atomic E-state index is 0.0385. The summed E-state index contributed by atoms with van der Waals surface area (Å²) in [6.07, 6.45) is -7.77. The molecule has 0 atom stereocenters. The number of hydrogen-bond donors (Lipinski definition) is 0. The van der Waals surface area contributed by atoms with Crippen molar-refractivity contribution in [2.75, 3.05) is 7.11 Å². The number of rotatable bonds is 2. The molecular weight excluding hydrogens is 348 g/mol. The molecule has 0 bridgehead atoms. The van der Waals surface area contributed by atoms with Crippen LogP contribution in [0.3, 0.4) is 0 Å². The topological polar surface area (TPSA) is 22.1 Å². The zero-order valence-corrected chi connectivity index (χ0v) is 9.94. The van der Waals surface area contributed by atoms with Gasteiger partial charge in [-0.25, -0.2) is 13.8 Å². The first-order valence-corrected chi connectivity index (χ1v) is 4.94. The second kappa shape index (κ2) is 4.68. The highest BCUT2D eigenvalue weighted by Gasteiger charge is 2.38. The number of methoxy groups -OCH3 is 1. The summed E-state index contributed by atoms with van der Waals surface area (Å²) in [5.74, 6) is -0.537. The first-order chi connectivity index (χ1) is 7.29. The minimum Gasteiger partial charge on any atom is -0.493 e. The van der Waals surface area contributed by atoms with Crippen molar-refractivity contribution in [1.29, 1.82) is 0 Å². The van der Waals surface area contributed by atoms with Gasteiger partial charge in [0.05, 0.1) is 18.2 Å². The van der Waals surface area contributed by atoms with E-state index in [1.165, 1.54) is 22.6 Å². The van der Waals surface area contributed by atoms with Crippen molar-refractivity contribution in [3.8, 4) is 5.75 Å². The molecule has 0 aromatic carbocycles. The summed E-state index contributed by atoms with van der Waals surface area (Å²) >= 11 is 1.53. The van der Waals surface area contributed by atoms with Gasteiger partial charge in [-0.05, 0) is 22.6 Å². The van der Waals surface area contributed by atoms with Crippen LogP contribution in [-0.4, -0.2) is 12.1 Å². The smallest absolute Gasteiger partial charge is 0.418 e. The Morgan fingerprint density at radius 2 is 1.94 bits per heavy atom. The first kappa shape index (κ1) is 13.4. The highest BCUT2D eigenvalue weighted by Crippen LogP contribution is 2.41. The quantitative estimate of drug-likeness (QED) is 0.460. The fraction of sp³-hybridized carbons (Fsp3) is 0.375. The third-order valence-electron chi connectivity index (χ3n) is 1.76. The molecule has 0 saturated carbocycles. The van der Waals surface area contributed by atoms with Crippen LogP contribution in [0.2, 0.25) is 0 Å². The van der Waals surface area contributed by atoms with Crippen LogP contribution in [0, 0.1) is 3.70 Å². The van der Waals surface area contributed by atoms with Crippen molar-refractivity contribution in [3.05, 3.63) is 21.0 Å². The summed E-state index contributed by atoms with van der Waals surface area (Å²) in [5.41, 5.74) is -2.64. The van der Waals surface area contributed by atoms with Gasteiger partial charge in [0.25, 0.3) is 6.43 Å². The van der Waals surface area contributed by atoms with Crippen molar-refractivity contribution < 1.29 is 26.7 Å². The van der Waals surface area contributed by atoms with Gasteiger partial charge in [0, 0.05) is 6.20 Å². The molecule has 1 rings (SSSR count). The van der Waals surface area contributed by atoms with Crippen LogP contribution >= 0.6 is 22.6 Å². The van der Waals surface area contributed by atoms with Gasteiger partial charge in [0.2, 0.25) is 0 Å². The van der Waals surface area contributed by atoms with Crippen molar-refractivity contribution in [2.24, 2.45) is 0 Å². The van der Waals surface area contributed by atoms with E-state index in [0.717, 1.165) is 7.11 Å². The second-order valence-electron chi connectivity index (χ2n) is 2.71. The van der Waals surface area contributed by atoms with Crippen LogP contribution in [0.5, 0.6) is 5.75 Å². The number of aromatic nitrogens is 1. The van der Waals surface area contributed by atoms with Gasteiger partial charge in [-0.15, -0.1) is 0 Å². The van der Waals surface area contributed by atoms with Crippen LogP contribution in [0.4, 0.5) is 22.0 Å². The lowest BCUT2D eigenvalue weighted by Gasteiger charge is -2.15. The molecule has 90 valence electrons. The fourth-order valence-corrected chi connectivity index (χ4v) is 1.77. The Balaban J connectivity index is 3.52. The molecule has 0 fully saturated rings. The van der Waals surface area contributed by atoms with E-state index in [0.29, 0.717) is 6.20 Å². The molecule has 0 radical (unpaired) electrons. The van der Waals surface area contributed by atoms with Crippen LogP contribution < -0.4 is 4.74 Å². The molecular formula is C8H5F5INO. The predicted octanol–water partition coefficient (Wildman–Crippen LogP) is 3.65. The summed E-state index contributed by atoms with van der Waals surface area (Å²) in [6.45, 7) is 0. The van der Waals surface area contributed by atoms with Crippen LogP contribution in [0.25, 0.3) is 0 Å². The van der Waals surface area contributed by atoms with Gasteiger partial charge < -0.3 is 4.74 Å². The van der Waals surface area contributed by atoms with Crippen LogP contribution in [-0.2, 0) is 6.18 Å². The van der Waals surface area contributed by atoms with Gasteiger partial charge in [-0.2, -0.15) is 13.2 Å². The normalized spacial score (nSPS) is 12.0. The van der Waals surface area contributed by atoms with E-state index in [4.69, 9.17) is 0 Å². The molecule has 16 heavy (non-hydrogen) atoms. The number of halogens is 6. The molecule has 8 heteroatoms. The molecule has 0 amide bonds. The second-order valence-corrected chi connectivity index (χ2v) is 3.73. The molecule has 0 saturated heterocycles. The molecule has 1 heterocycles. The van der Waals surface area contributed by atoms with Crippen molar-refractivity contribution in [2.45, 2.75) is 12.6 Å². The Bertz CT molecular complexity index is 393. The lowest BCUT2D eigenvalue weighted by Crippen LogP contribution is -2.12. The molecule has 0 aliphatic rings. The zero-order valence-electron chi connectivity index (χ0n) is 7.78. The fourth-order valence-electron chi connectivity index (χ4n) is 1.12. The molecule has 0 unspecified atom stereocenters. The van der Waals surface area contributed by atoms with E-state index in [1.54, 1.807) is 0 Å². The van der Waals surface area contributed by atoms with E-state index in [9.17, 15) is 22.0 Å². The Kier molecular flexibility index (Phi) is 3.92. The van der Waals surface area contributed by atoms with E-state index in [2.05, 4.69) is 9.72 Å². The van der Waals surface area contributed by atoms with Crippen LogP contribution in [0.15, 0.2) is 6.20 Å². The maximum absolute atomic E-state index is 12.6. The maximum atomic E-state index is 12.6. The number of hydrogen-bond acceptors (Lipinski definition) is 2. The van der Waals surface area contributed by atoms with Gasteiger partial charge in [-0.1, -0.05) is 0 Å². The van der Waals surface area contributed by atoms with E-state index >= 15 is 0 Å². The summed E-state index contributed by atoms with van der Waals surface area (Å²) in [6, 6.07) is 0. The van der Waals surface area contributed by atoms with Gasteiger partial charge in [0.1, 0.15) is 3.70 Å². The Morgan fingerprint density at radius 1 is 1.38 bits per heavy atom. The third-order valence-corrected chi connectivity index (χ3v) is 2.53. The standard InChI is InChI=1S/C8H5F5INO/c1-16-5-4(6(9)10)3(8(11,12)13)2-15-7(5)14/h2,6H,1H3. The van der Waals surface area contributed by atoms with Gasteiger partial charge >= 0.3 is 6.18 Å². The number of nitrogens with zero attached hydrogens (tertiary/aromatic N) is 1. The minimum atomic E-state index is -4.88. The highest BCUT2D eigenvalue weighted by molar-refractivity contribution is 14.1. The first-order valence-electron chi connectivity index (χ1n) is 3.86. The molecule has 0 aliphatic carbocycles. The lowest BCUT2D eigenvalue weighted by molar-refractivity contribution is -0.140. The van der Waals surface area contributed by atoms with E-state index in [1.807, 2.05) is 0 Å².